The van der Waals surface area contributed by atoms with Gasteiger partial charge in [0.05, 0.1) is 12.5 Å². The summed E-state index contributed by atoms with van der Waals surface area (Å²) in [5, 5.41) is 3.08. The number of amides is 1. The molecule has 1 aliphatic carbocycles. The van der Waals surface area contributed by atoms with Crippen LogP contribution in [0.2, 0.25) is 0 Å². The summed E-state index contributed by atoms with van der Waals surface area (Å²) in [6, 6.07) is 8.83. The maximum absolute atomic E-state index is 12.4. The summed E-state index contributed by atoms with van der Waals surface area (Å²) >= 11 is 0. The average molecular weight is 326 g/mol. The second-order valence-electron chi connectivity index (χ2n) is 6.13. The zero-order chi connectivity index (χ0) is 16.5. The van der Waals surface area contributed by atoms with E-state index < -0.39 is 0 Å². The number of ether oxygens (including phenoxy) is 2. The van der Waals surface area contributed by atoms with Crippen molar-refractivity contribution < 1.29 is 14.3 Å². The number of fused-ring (bicyclic) bond motifs is 2. The number of aromatic amines is 1. The summed E-state index contributed by atoms with van der Waals surface area (Å²) < 4.78 is 10.6. The first kappa shape index (κ1) is 14.8. The Morgan fingerprint density at radius 3 is 3.00 bits per heavy atom. The SMILES string of the molecule is O=C(Cc1ccc2c(c1)OCO2)N[C@@H]1CCCc2[nH]c(=O)ccc21. The van der Waals surface area contributed by atoms with Crippen LogP contribution in [-0.4, -0.2) is 17.7 Å². The fourth-order valence-electron chi connectivity index (χ4n) is 3.33. The lowest BCUT2D eigenvalue weighted by atomic mass is 9.91. The van der Waals surface area contributed by atoms with Crippen LogP contribution in [0.25, 0.3) is 0 Å². The maximum atomic E-state index is 12.4. The Balaban J connectivity index is 1.46. The highest BCUT2D eigenvalue weighted by atomic mass is 16.7. The molecule has 1 aliphatic heterocycles. The molecule has 124 valence electrons. The molecule has 4 rings (SSSR count). The van der Waals surface area contributed by atoms with E-state index in [0.29, 0.717) is 11.5 Å². The van der Waals surface area contributed by atoms with E-state index in [1.807, 2.05) is 24.3 Å². The van der Waals surface area contributed by atoms with Crippen molar-refractivity contribution in [1.29, 1.82) is 0 Å². The highest BCUT2D eigenvalue weighted by Gasteiger charge is 2.23. The third-order valence-electron chi connectivity index (χ3n) is 4.47. The number of carbonyl (C=O) groups is 1. The van der Waals surface area contributed by atoms with E-state index in [4.69, 9.17) is 9.47 Å². The molecule has 0 unspecified atom stereocenters. The second kappa shape index (κ2) is 6.03. The molecule has 0 bridgehead atoms. The largest absolute Gasteiger partial charge is 0.454 e. The molecule has 0 saturated heterocycles. The zero-order valence-corrected chi connectivity index (χ0v) is 13.1. The number of hydrogen-bond donors (Lipinski definition) is 2. The van der Waals surface area contributed by atoms with Crippen LogP contribution in [0.1, 0.15) is 35.7 Å². The van der Waals surface area contributed by atoms with Gasteiger partial charge in [0.1, 0.15) is 0 Å². The summed E-state index contributed by atoms with van der Waals surface area (Å²) in [7, 11) is 0. The third kappa shape index (κ3) is 2.87. The number of H-pyrrole nitrogens is 1. The van der Waals surface area contributed by atoms with Crippen molar-refractivity contribution in [3.63, 3.8) is 0 Å². The van der Waals surface area contributed by atoms with Crippen molar-refractivity contribution in [2.45, 2.75) is 31.7 Å². The van der Waals surface area contributed by atoms with Crippen LogP contribution >= 0.6 is 0 Å². The standard InChI is InChI=1S/C18H18N2O4/c21-17-7-5-12-13(19-17)2-1-3-14(12)20-18(22)9-11-4-6-15-16(8-11)24-10-23-15/h4-8,14H,1-3,9-10H2,(H,19,21)(H,20,22)/t14-/m1/s1. The van der Waals surface area contributed by atoms with Crippen LogP contribution in [0, 0.1) is 0 Å². The topological polar surface area (TPSA) is 80.4 Å². The molecule has 2 aromatic rings. The number of hydrogen-bond acceptors (Lipinski definition) is 4. The van der Waals surface area contributed by atoms with Gasteiger partial charge in [-0.15, -0.1) is 0 Å². The van der Waals surface area contributed by atoms with Gasteiger partial charge in [0.15, 0.2) is 11.5 Å². The Labute approximate surface area is 138 Å². The molecule has 0 saturated carbocycles. The molecule has 2 aliphatic rings. The van der Waals surface area contributed by atoms with Crippen LogP contribution < -0.4 is 20.3 Å². The van der Waals surface area contributed by atoms with Gasteiger partial charge in [-0.3, -0.25) is 9.59 Å². The normalized spacial score (nSPS) is 18.1. The first-order valence-corrected chi connectivity index (χ1v) is 8.09. The fraction of sp³-hybridized carbons (Fsp3) is 0.333. The molecule has 2 heterocycles. The number of aromatic nitrogens is 1. The lowest BCUT2D eigenvalue weighted by Crippen LogP contribution is -2.33. The molecule has 6 nitrogen and oxygen atoms in total. The van der Waals surface area contributed by atoms with Crippen molar-refractivity contribution in [2.75, 3.05) is 6.79 Å². The highest BCUT2D eigenvalue weighted by molar-refractivity contribution is 5.79. The molecule has 1 aromatic carbocycles. The Morgan fingerprint density at radius 2 is 2.08 bits per heavy atom. The maximum Gasteiger partial charge on any atom is 0.248 e. The molecule has 0 radical (unpaired) electrons. The summed E-state index contributed by atoms with van der Waals surface area (Å²) in [6.45, 7) is 0.224. The van der Waals surface area contributed by atoms with Gasteiger partial charge in [0.2, 0.25) is 18.3 Å². The predicted octanol–water partition coefficient (Wildman–Crippen LogP) is 1.84. The van der Waals surface area contributed by atoms with E-state index >= 15 is 0 Å². The molecular weight excluding hydrogens is 308 g/mol. The minimum atomic E-state index is -0.0962. The predicted molar refractivity (Wildman–Crippen MR) is 87.2 cm³/mol. The molecule has 0 spiro atoms. The Kier molecular flexibility index (Phi) is 3.72. The Bertz CT molecular complexity index is 843. The van der Waals surface area contributed by atoms with Gasteiger partial charge in [-0.1, -0.05) is 6.07 Å². The summed E-state index contributed by atoms with van der Waals surface area (Å²) in [6.07, 6.45) is 2.96. The van der Waals surface area contributed by atoms with Gasteiger partial charge >= 0.3 is 0 Å². The second-order valence-corrected chi connectivity index (χ2v) is 6.13. The number of rotatable bonds is 3. The number of benzene rings is 1. The third-order valence-corrected chi connectivity index (χ3v) is 4.47. The molecule has 24 heavy (non-hydrogen) atoms. The first-order chi connectivity index (χ1) is 11.7. The quantitative estimate of drug-likeness (QED) is 0.902. The van der Waals surface area contributed by atoms with Crippen molar-refractivity contribution in [3.05, 3.63) is 57.5 Å². The van der Waals surface area contributed by atoms with Crippen molar-refractivity contribution in [2.24, 2.45) is 0 Å². The summed E-state index contributed by atoms with van der Waals surface area (Å²) in [5.41, 5.74) is 2.73. The van der Waals surface area contributed by atoms with E-state index in [2.05, 4.69) is 10.3 Å². The van der Waals surface area contributed by atoms with Gasteiger partial charge in [0, 0.05) is 11.8 Å². The molecule has 2 N–H and O–H groups in total. The Hall–Kier alpha value is -2.76. The van der Waals surface area contributed by atoms with Gasteiger partial charge in [-0.25, -0.2) is 0 Å². The van der Waals surface area contributed by atoms with E-state index in [1.54, 1.807) is 0 Å². The van der Waals surface area contributed by atoms with Crippen LogP contribution in [0.3, 0.4) is 0 Å². The minimum Gasteiger partial charge on any atom is -0.454 e. The number of pyridine rings is 1. The molecule has 0 fully saturated rings. The molecule has 1 amide bonds. The van der Waals surface area contributed by atoms with Gasteiger partial charge in [0.25, 0.3) is 0 Å². The van der Waals surface area contributed by atoms with E-state index in [-0.39, 0.29) is 30.7 Å². The molecule has 6 heteroatoms. The molecular formula is C18H18N2O4. The van der Waals surface area contributed by atoms with Gasteiger partial charge < -0.3 is 19.8 Å². The lowest BCUT2D eigenvalue weighted by molar-refractivity contribution is -0.121. The first-order valence-electron chi connectivity index (χ1n) is 8.09. The average Bonchev–Trinajstić information content (AvgIpc) is 3.02. The van der Waals surface area contributed by atoms with Crippen LogP contribution in [-0.2, 0) is 17.6 Å². The fourth-order valence-corrected chi connectivity index (χ4v) is 3.33. The molecule has 1 aromatic heterocycles. The van der Waals surface area contributed by atoms with E-state index in [9.17, 15) is 9.59 Å². The van der Waals surface area contributed by atoms with Crippen LogP contribution in [0.15, 0.2) is 35.1 Å². The van der Waals surface area contributed by atoms with Crippen molar-refractivity contribution >= 4 is 5.91 Å². The smallest absolute Gasteiger partial charge is 0.248 e. The van der Waals surface area contributed by atoms with Crippen LogP contribution in [0.5, 0.6) is 11.5 Å². The van der Waals surface area contributed by atoms with Gasteiger partial charge in [-0.05, 0) is 48.6 Å². The lowest BCUT2D eigenvalue weighted by Gasteiger charge is -2.26. The van der Waals surface area contributed by atoms with Crippen molar-refractivity contribution in [1.82, 2.24) is 10.3 Å². The zero-order valence-electron chi connectivity index (χ0n) is 13.1. The number of aryl methyl sites for hydroxylation is 1. The highest BCUT2D eigenvalue weighted by Crippen LogP contribution is 2.33. The molecule has 1 atom stereocenters. The Morgan fingerprint density at radius 1 is 1.21 bits per heavy atom. The van der Waals surface area contributed by atoms with E-state index in [1.165, 1.54) is 6.07 Å². The summed E-state index contributed by atoms with van der Waals surface area (Å²) in [5.74, 6) is 1.35. The van der Waals surface area contributed by atoms with Crippen molar-refractivity contribution in [3.8, 4) is 11.5 Å². The van der Waals surface area contributed by atoms with Gasteiger partial charge in [-0.2, -0.15) is 0 Å². The number of carbonyl (C=O) groups excluding carboxylic acids is 1. The number of nitrogens with one attached hydrogen (secondary N) is 2. The van der Waals surface area contributed by atoms with Crippen LogP contribution in [0.4, 0.5) is 0 Å². The minimum absolute atomic E-state index is 0.0436. The summed E-state index contributed by atoms with van der Waals surface area (Å²) in [4.78, 5) is 26.7. The van der Waals surface area contributed by atoms with E-state index in [0.717, 1.165) is 36.1 Å². The monoisotopic (exact) mass is 326 g/mol.